The standard InChI is InChI=1S/C12H16F3NO/c1-2-10(16)12(17-7-11(14)15)8-4-3-5-9(13)6-8/h3-6,10-12H,2,7,16H2,1H3. The Morgan fingerprint density at radius 3 is 2.59 bits per heavy atom. The molecule has 0 spiro atoms. The monoisotopic (exact) mass is 247 g/mol. The van der Waals surface area contributed by atoms with Crippen LogP contribution in [0, 0.1) is 5.82 Å². The lowest BCUT2D eigenvalue weighted by atomic mass is 10.0. The fourth-order valence-electron chi connectivity index (χ4n) is 1.54. The summed E-state index contributed by atoms with van der Waals surface area (Å²) in [6, 6.07) is 5.23. The number of ether oxygens (including phenoxy) is 1. The van der Waals surface area contributed by atoms with Gasteiger partial charge in [-0.25, -0.2) is 13.2 Å². The Bertz CT molecular complexity index is 346. The van der Waals surface area contributed by atoms with Gasteiger partial charge in [-0.1, -0.05) is 19.1 Å². The van der Waals surface area contributed by atoms with E-state index in [1.165, 1.54) is 18.2 Å². The number of nitrogens with two attached hydrogens (primary N) is 1. The minimum absolute atomic E-state index is 0.434. The summed E-state index contributed by atoms with van der Waals surface area (Å²) < 4.78 is 42.3. The van der Waals surface area contributed by atoms with Gasteiger partial charge in [-0.3, -0.25) is 0 Å². The minimum Gasteiger partial charge on any atom is -0.366 e. The third-order valence-corrected chi connectivity index (χ3v) is 2.44. The lowest BCUT2D eigenvalue weighted by Crippen LogP contribution is -2.30. The second kappa shape index (κ2) is 6.61. The van der Waals surface area contributed by atoms with Crippen molar-refractivity contribution in [3.05, 3.63) is 35.6 Å². The lowest BCUT2D eigenvalue weighted by Gasteiger charge is -2.23. The largest absolute Gasteiger partial charge is 0.366 e. The first-order valence-electron chi connectivity index (χ1n) is 5.45. The van der Waals surface area contributed by atoms with Crippen molar-refractivity contribution in [1.82, 2.24) is 0 Å². The highest BCUT2D eigenvalue weighted by Crippen LogP contribution is 2.23. The minimum atomic E-state index is -2.56. The van der Waals surface area contributed by atoms with Crippen LogP contribution >= 0.6 is 0 Å². The predicted molar refractivity (Wildman–Crippen MR) is 59.4 cm³/mol. The van der Waals surface area contributed by atoms with Crippen molar-refractivity contribution >= 4 is 0 Å². The van der Waals surface area contributed by atoms with Crippen molar-refractivity contribution in [3.63, 3.8) is 0 Å². The van der Waals surface area contributed by atoms with Gasteiger partial charge >= 0.3 is 0 Å². The van der Waals surface area contributed by atoms with E-state index < -0.39 is 31.0 Å². The van der Waals surface area contributed by atoms with Crippen LogP contribution in [0.25, 0.3) is 0 Å². The van der Waals surface area contributed by atoms with Crippen molar-refractivity contribution in [2.24, 2.45) is 5.73 Å². The average molecular weight is 247 g/mol. The zero-order valence-corrected chi connectivity index (χ0v) is 9.58. The number of alkyl halides is 2. The van der Waals surface area contributed by atoms with Gasteiger partial charge in [-0.05, 0) is 24.1 Å². The van der Waals surface area contributed by atoms with Gasteiger partial charge in [-0.15, -0.1) is 0 Å². The first kappa shape index (κ1) is 14.0. The van der Waals surface area contributed by atoms with Gasteiger partial charge in [0, 0.05) is 6.04 Å². The highest BCUT2D eigenvalue weighted by Gasteiger charge is 2.21. The zero-order chi connectivity index (χ0) is 12.8. The fourth-order valence-corrected chi connectivity index (χ4v) is 1.54. The Hall–Kier alpha value is -1.07. The topological polar surface area (TPSA) is 35.2 Å². The average Bonchev–Trinajstić information content (AvgIpc) is 2.28. The van der Waals surface area contributed by atoms with Gasteiger partial charge in [0.1, 0.15) is 12.4 Å². The molecule has 1 rings (SSSR count). The van der Waals surface area contributed by atoms with Crippen molar-refractivity contribution in [2.45, 2.75) is 31.9 Å². The molecule has 0 saturated carbocycles. The molecule has 1 aromatic rings. The van der Waals surface area contributed by atoms with Crippen molar-refractivity contribution in [1.29, 1.82) is 0 Å². The van der Waals surface area contributed by atoms with Crippen LogP contribution < -0.4 is 5.73 Å². The van der Waals surface area contributed by atoms with Crippen molar-refractivity contribution < 1.29 is 17.9 Å². The van der Waals surface area contributed by atoms with E-state index in [4.69, 9.17) is 10.5 Å². The maximum atomic E-state index is 13.0. The molecule has 0 amide bonds. The van der Waals surface area contributed by atoms with Gasteiger partial charge in [0.25, 0.3) is 6.43 Å². The predicted octanol–water partition coefficient (Wildman–Crippen LogP) is 2.89. The van der Waals surface area contributed by atoms with Crippen molar-refractivity contribution in [2.75, 3.05) is 6.61 Å². The van der Waals surface area contributed by atoms with E-state index in [0.29, 0.717) is 12.0 Å². The van der Waals surface area contributed by atoms with E-state index in [-0.39, 0.29) is 0 Å². The molecule has 5 heteroatoms. The van der Waals surface area contributed by atoms with Crippen LogP contribution in [0.4, 0.5) is 13.2 Å². The third-order valence-electron chi connectivity index (χ3n) is 2.44. The highest BCUT2D eigenvalue weighted by molar-refractivity contribution is 5.20. The van der Waals surface area contributed by atoms with Gasteiger partial charge in [0.2, 0.25) is 0 Å². The number of halogens is 3. The molecule has 1 aromatic carbocycles. The van der Waals surface area contributed by atoms with E-state index in [2.05, 4.69) is 0 Å². The van der Waals surface area contributed by atoms with Crippen LogP contribution in [-0.4, -0.2) is 19.1 Å². The Morgan fingerprint density at radius 2 is 2.06 bits per heavy atom. The Morgan fingerprint density at radius 1 is 1.35 bits per heavy atom. The summed E-state index contributed by atoms with van der Waals surface area (Å²) in [5.41, 5.74) is 6.28. The Kier molecular flexibility index (Phi) is 5.44. The second-order valence-electron chi connectivity index (χ2n) is 3.77. The molecule has 0 aliphatic rings. The zero-order valence-electron chi connectivity index (χ0n) is 9.58. The molecule has 0 bridgehead atoms. The quantitative estimate of drug-likeness (QED) is 0.838. The van der Waals surface area contributed by atoms with E-state index in [9.17, 15) is 13.2 Å². The van der Waals surface area contributed by atoms with Gasteiger partial charge in [0.05, 0.1) is 6.10 Å². The van der Waals surface area contributed by atoms with E-state index in [1.807, 2.05) is 6.92 Å². The molecule has 0 aliphatic heterocycles. The summed E-state index contributed by atoms with van der Waals surface area (Å²) in [5, 5.41) is 0. The third kappa shape index (κ3) is 4.36. The number of hydrogen-bond acceptors (Lipinski definition) is 2. The Labute approximate surface area is 98.6 Å². The maximum absolute atomic E-state index is 13.0. The molecule has 2 N–H and O–H groups in total. The Balaban J connectivity index is 2.82. The number of hydrogen-bond donors (Lipinski definition) is 1. The SMILES string of the molecule is CCC(N)C(OCC(F)F)c1cccc(F)c1. The first-order chi connectivity index (χ1) is 8.04. The van der Waals surface area contributed by atoms with Crippen LogP contribution in [0.1, 0.15) is 25.0 Å². The molecule has 2 nitrogen and oxygen atoms in total. The summed E-state index contributed by atoms with van der Waals surface area (Å²) in [5.74, 6) is -0.434. The summed E-state index contributed by atoms with van der Waals surface area (Å²) in [4.78, 5) is 0. The maximum Gasteiger partial charge on any atom is 0.261 e. The lowest BCUT2D eigenvalue weighted by molar-refractivity contribution is -0.0352. The molecule has 0 heterocycles. The molecule has 0 radical (unpaired) electrons. The van der Waals surface area contributed by atoms with Crippen LogP contribution in [0.3, 0.4) is 0 Å². The summed E-state index contributed by atoms with van der Waals surface area (Å²) >= 11 is 0. The number of rotatable bonds is 6. The normalized spacial score (nSPS) is 14.9. The summed E-state index contributed by atoms with van der Waals surface area (Å²) in [6.45, 7) is 1.12. The van der Waals surface area contributed by atoms with Gasteiger partial charge < -0.3 is 10.5 Å². The first-order valence-corrected chi connectivity index (χ1v) is 5.45. The van der Waals surface area contributed by atoms with E-state index in [0.717, 1.165) is 0 Å². The van der Waals surface area contributed by atoms with Crippen LogP contribution in [0.2, 0.25) is 0 Å². The highest BCUT2D eigenvalue weighted by atomic mass is 19.3. The molecule has 0 saturated heterocycles. The van der Waals surface area contributed by atoms with Gasteiger partial charge in [0.15, 0.2) is 0 Å². The van der Waals surface area contributed by atoms with Crippen LogP contribution in [-0.2, 0) is 4.74 Å². The molecular formula is C12H16F3NO. The molecule has 17 heavy (non-hydrogen) atoms. The molecule has 2 unspecified atom stereocenters. The fraction of sp³-hybridized carbons (Fsp3) is 0.500. The molecule has 0 fully saturated rings. The summed E-state index contributed by atoms with van der Waals surface area (Å²) in [6.07, 6.45) is -2.70. The molecular weight excluding hydrogens is 231 g/mol. The molecule has 0 aromatic heterocycles. The second-order valence-corrected chi connectivity index (χ2v) is 3.77. The van der Waals surface area contributed by atoms with Crippen molar-refractivity contribution in [3.8, 4) is 0 Å². The summed E-state index contributed by atoms with van der Waals surface area (Å²) in [7, 11) is 0. The molecule has 96 valence electrons. The van der Waals surface area contributed by atoms with E-state index in [1.54, 1.807) is 6.07 Å². The molecule has 0 aliphatic carbocycles. The number of benzene rings is 1. The smallest absolute Gasteiger partial charge is 0.261 e. The van der Waals surface area contributed by atoms with Gasteiger partial charge in [-0.2, -0.15) is 0 Å². The van der Waals surface area contributed by atoms with Crippen LogP contribution in [0.5, 0.6) is 0 Å². The molecule has 2 atom stereocenters. The van der Waals surface area contributed by atoms with Crippen LogP contribution in [0.15, 0.2) is 24.3 Å². The van der Waals surface area contributed by atoms with E-state index >= 15 is 0 Å².